The van der Waals surface area contributed by atoms with Crippen LogP contribution in [0.15, 0.2) is 54.7 Å². The molecule has 136 valence electrons. The van der Waals surface area contributed by atoms with Crippen LogP contribution in [0.3, 0.4) is 0 Å². The van der Waals surface area contributed by atoms with Gasteiger partial charge in [-0.05, 0) is 36.8 Å². The molecule has 6 nitrogen and oxygen atoms in total. The van der Waals surface area contributed by atoms with Crippen molar-refractivity contribution in [2.75, 3.05) is 10.6 Å². The average Bonchev–Trinajstić information content (AvgIpc) is 3.18. The summed E-state index contributed by atoms with van der Waals surface area (Å²) in [4.78, 5) is 24.8. The lowest BCUT2D eigenvalue weighted by Gasteiger charge is -2.10. The third-order valence-electron chi connectivity index (χ3n) is 4.50. The average molecular weight is 381 g/mol. The van der Waals surface area contributed by atoms with E-state index >= 15 is 0 Å². The molecule has 0 radical (unpaired) electrons. The van der Waals surface area contributed by atoms with E-state index in [1.807, 2.05) is 43.3 Å². The SMILES string of the molecule is Cc1ccc(NC(=O)CC2C(=O)Nc3c(-c4ccc(Cl)cc4)cnn32)cc1. The summed E-state index contributed by atoms with van der Waals surface area (Å²) in [6.45, 7) is 1.98. The van der Waals surface area contributed by atoms with Gasteiger partial charge in [-0.2, -0.15) is 5.10 Å². The van der Waals surface area contributed by atoms with Crippen LogP contribution in [0.25, 0.3) is 11.1 Å². The summed E-state index contributed by atoms with van der Waals surface area (Å²) in [5.41, 5.74) is 3.50. The summed E-state index contributed by atoms with van der Waals surface area (Å²) in [6, 6.07) is 14.1. The van der Waals surface area contributed by atoms with Gasteiger partial charge < -0.3 is 10.6 Å². The monoisotopic (exact) mass is 380 g/mol. The number of halogens is 1. The molecule has 1 unspecified atom stereocenters. The molecule has 0 aliphatic carbocycles. The van der Waals surface area contributed by atoms with Crippen LogP contribution < -0.4 is 10.6 Å². The summed E-state index contributed by atoms with van der Waals surface area (Å²) in [5, 5.41) is 10.6. The van der Waals surface area contributed by atoms with E-state index in [4.69, 9.17) is 11.6 Å². The Labute approximate surface area is 161 Å². The third kappa shape index (κ3) is 3.44. The molecule has 2 N–H and O–H groups in total. The first kappa shape index (κ1) is 17.3. The number of anilines is 2. The Morgan fingerprint density at radius 1 is 1.19 bits per heavy atom. The fourth-order valence-electron chi connectivity index (χ4n) is 3.08. The van der Waals surface area contributed by atoms with E-state index in [2.05, 4.69) is 15.7 Å². The molecule has 0 fully saturated rings. The Hall–Kier alpha value is -3.12. The second-order valence-electron chi connectivity index (χ2n) is 6.48. The zero-order valence-corrected chi connectivity index (χ0v) is 15.3. The number of carbonyl (C=O) groups is 2. The van der Waals surface area contributed by atoms with Crippen LogP contribution >= 0.6 is 11.6 Å². The first-order valence-electron chi connectivity index (χ1n) is 8.52. The molecule has 0 saturated heterocycles. The van der Waals surface area contributed by atoms with Crippen LogP contribution in [0, 0.1) is 6.92 Å². The molecule has 3 aromatic rings. The lowest BCUT2D eigenvalue weighted by atomic mass is 10.1. The zero-order valence-electron chi connectivity index (χ0n) is 14.6. The molecular weight excluding hydrogens is 364 g/mol. The van der Waals surface area contributed by atoms with Crippen molar-refractivity contribution < 1.29 is 9.59 Å². The minimum atomic E-state index is -0.675. The number of hydrogen-bond donors (Lipinski definition) is 2. The van der Waals surface area contributed by atoms with Crippen LogP contribution in [0.4, 0.5) is 11.5 Å². The Morgan fingerprint density at radius 3 is 2.59 bits per heavy atom. The summed E-state index contributed by atoms with van der Waals surface area (Å²) in [7, 11) is 0. The maximum absolute atomic E-state index is 12.4. The molecule has 2 aromatic carbocycles. The number of aromatic nitrogens is 2. The highest BCUT2D eigenvalue weighted by Crippen LogP contribution is 2.36. The number of amides is 2. The third-order valence-corrected chi connectivity index (χ3v) is 4.76. The van der Waals surface area contributed by atoms with Gasteiger partial charge in [-0.15, -0.1) is 0 Å². The number of hydrogen-bond acceptors (Lipinski definition) is 3. The number of carbonyl (C=O) groups excluding carboxylic acids is 2. The molecule has 27 heavy (non-hydrogen) atoms. The number of fused-ring (bicyclic) bond motifs is 1. The second-order valence-corrected chi connectivity index (χ2v) is 6.92. The van der Waals surface area contributed by atoms with Gasteiger partial charge in [-0.3, -0.25) is 9.59 Å². The first-order valence-corrected chi connectivity index (χ1v) is 8.90. The zero-order chi connectivity index (χ0) is 19.0. The molecule has 2 heterocycles. The topological polar surface area (TPSA) is 76.0 Å². The van der Waals surface area contributed by atoms with E-state index in [9.17, 15) is 9.59 Å². The fourth-order valence-corrected chi connectivity index (χ4v) is 3.20. The lowest BCUT2D eigenvalue weighted by molar-refractivity contribution is -0.123. The first-order chi connectivity index (χ1) is 13.0. The number of benzene rings is 2. The predicted octanol–water partition coefficient (Wildman–Crippen LogP) is 4.03. The molecule has 4 rings (SSSR count). The van der Waals surface area contributed by atoms with Gasteiger partial charge in [0.15, 0.2) is 0 Å². The van der Waals surface area contributed by atoms with Crippen molar-refractivity contribution >= 4 is 34.9 Å². The Balaban J connectivity index is 1.52. The fraction of sp³-hybridized carbons (Fsp3) is 0.150. The van der Waals surface area contributed by atoms with Crippen molar-refractivity contribution in [3.8, 4) is 11.1 Å². The maximum Gasteiger partial charge on any atom is 0.251 e. The van der Waals surface area contributed by atoms with Crippen LogP contribution in [-0.4, -0.2) is 21.6 Å². The largest absolute Gasteiger partial charge is 0.326 e. The van der Waals surface area contributed by atoms with E-state index < -0.39 is 6.04 Å². The number of aryl methyl sites for hydroxylation is 1. The van der Waals surface area contributed by atoms with E-state index in [1.54, 1.807) is 23.0 Å². The minimum Gasteiger partial charge on any atom is -0.326 e. The van der Waals surface area contributed by atoms with Crippen molar-refractivity contribution in [2.24, 2.45) is 0 Å². The van der Waals surface area contributed by atoms with Crippen LogP contribution in [0.2, 0.25) is 5.02 Å². The van der Waals surface area contributed by atoms with Gasteiger partial charge in [0.1, 0.15) is 11.9 Å². The van der Waals surface area contributed by atoms with Crippen molar-refractivity contribution in [2.45, 2.75) is 19.4 Å². The van der Waals surface area contributed by atoms with Crippen molar-refractivity contribution in [3.05, 3.63) is 65.3 Å². The highest BCUT2D eigenvalue weighted by Gasteiger charge is 2.35. The van der Waals surface area contributed by atoms with Gasteiger partial charge in [0, 0.05) is 16.3 Å². The maximum atomic E-state index is 12.4. The number of nitrogens with one attached hydrogen (secondary N) is 2. The number of nitrogens with zero attached hydrogens (tertiary/aromatic N) is 2. The van der Waals surface area contributed by atoms with Gasteiger partial charge in [-0.25, -0.2) is 4.68 Å². The Kier molecular flexibility index (Phi) is 4.41. The van der Waals surface area contributed by atoms with E-state index in [1.165, 1.54) is 0 Å². The normalized spacial score (nSPS) is 15.3. The van der Waals surface area contributed by atoms with Crippen molar-refractivity contribution in [1.82, 2.24) is 9.78 Å². The van der Waals surface area contributed by atoms with E-state index in [0.29, 0.717) is 16.5 Å². The minimum absolute atomic E-state index is 0.00838. The quantitative estimate of drug-likeness (QED) is 0.717. The van der Waals surface area contributed by atoms with Gasteiger partial charge in [0.05, 0.1) is 12.6 Å². The molecule has 7 heteroatoms. The van der Waals surface area contributed by atoms with Crippen molar-refractivity contribution in [1.29, 1.82) is 0 Å². The Morgan fingerprint density at radius 2 is 1.89 bits per heavy atom. The summed E-state index contributed by atoms with van der Waals surface area (Å²) in [5.74, 6) is 0.109. The molecule has 1 aromatic heterocycles. The Bertz CT molecular complexity index is 1010. The standard InChI is InChI=1S/C20H17ClN4O2/c1-12-2-8-15(9-3-12)23-18(26)10-17-20(27)24-19-16(11-22-25(17)19)13-4-6-14(21)7-5-13/h2-9,11,17H,10H2,1H3,(H,23,26)(H,24,27). The van der Waals surface area contributed by atoms with E-state index in [-0.39, 0.29) is 18.2 Å². The summed E-state index contributed by atoms with van der Waals surface area (Å²) >= 11 is 5.93. The lowest BCUT2D eigenvalue weighted by Crippen LogP contribution is -2.23. The molecule has 0 spiro atoms. The molecule has 0 saturated carbocycles. The summed E-state index contributed by atoms with van der Waals surface area (Å²) < 4.78 is 1.57. The van der Waals surface area contributed by atoms with Gasteiger partial charge in [0.25, 0.3) is 5.91 Å². The van der Waals surface area contributed by atoms with Gasteiger partial charge in [-0.1, -0.05) is 41.4 Å². The molecule has 1 aliphatic heterocycles. The van der Waals surface area contributed by atoms with Crippen molar-refractivity contribution in [3.63, 3.8) is 0 Å². The van der Waals surface area contributed by atoms with Gasteiger partial charge in [0.2, 0.25) is 5.91 Å². The van der Waals surface area contributed by atoms with Crippen LogP contribution in [0.5, 0.6) is 0 Å². The van der Waals surface area contributed by atoms with Crippen LogP contribution in [0.1, 0.15) is 18.0 Å². The molecular formula is C20H17ClN4O2. The smallest absolute Gasteiger partial charge is 0.251 e. The molecule has 1 aliphatic rings. The number of rotatable bonds is 4. The highest BCUT2D eigenvalue weighted by molar-refractivity contribution is 6.30. The highest BCUT2D eigenvalue weighted by atomic mass is 35.5. The van der Waals surface area contributed by atoms with Gasteiger partial charge >= 0.3 is 0 Å². The molecule has 0 bridgehead atoms. The van der Waals surface area contributed by atoms with Crippen LogP contribution in [-0.2, 0) is 9.59 Å². The second kappa shape index (κ2) is 6.89. The van der Waals surface area contributed by atoms with E-state index in [0.717, 1.165) is 16.7 Å². The summed E-state index contributed by atoms with van der Waals surface area (Å²) in [6.07, 6.45) is 1.69. The molecule has 2 amide bonds. The molecule has 1 atom stereocenters. The predicted molar refractivity (Wildman–Crippen MR) is 105 cm³/mol.